The molecule has 2 amide bonds. The molecule has 0 unspecified atom stereocenters. The van der Waals surface area contributed by atoms with Crippen LogP contribution in [0.3, 0.4) is 0 Å². The minimum absolute atomic E-state index is 0.399. The number of carbonyl (C=O) groups excluding carboxylic acids is 3. The van der Waals surface area contributed by atoms with E-state index in [9.17, 15) is 14.4 Å². The number of carbonyl (C=O) groups is 3. The summed E-state index contributed by atoms with van der Waals surface area (Å²) >= 11 is 0. The van der Waals surface area contributed by atoms with E-state index in [0.717, 1.165) is 6.42 Å². The van der Waals surface area contributed by atoms with Crippen LogP contribution >= 0.6 is 0 Å². The molecule has 0 heterocycles. The Hall–Kier alpha value is -1.83. The van der Waals surface area contributed by atoms with Crippen LogP contribution in [0.1, 0.15) is 47.0 Å². The fourth-order valence-corrected chi connectivity index (χ4v) is 1.76. The van der Waals surface area contributed by atoms with Crippen molar-refractivity contribution in [3.8, 4) is 0 Å². The second-order valence-corrected chi connectivity index (χ2v) is 6.24. The number of methoxy groups -OCH3 is 1. The molecule has 8 nitrogen and oxygen atoms in total. The van der Waals surface area contributed by atoms with Crippen LogP contribution in [0.25, 0.3) is 0 Å². The molecule has 23 heavy (non-hydrogen) atoms. The lowest BCUT2D eigenvalue weighted by Crippen LogP contribution is -2.51. The zero-order valence-corrected chi connectivity index (χ0v) is 14.6. The Labute approximate surface area is 137 Å². The first-order valence-electron chi connectivity index (χ1n) is 7.68. The number of hydrogen-bond donors (Lipinski definition) is 3. The number of hydrogen-bond acceptors (Lipinski definition) is 6. The first-order chi connectivity index (χ1) is 10.6. The molecule has 134 valence electrons. The SMILES string of the molecule is COC(=O)[C@@H](C)NC(=O)[C@H](CCCCN)NC(=O)OC(C)(C)C. The maximum atomic E-state index is 12.2. The van der Waals surface area contributed by atoms with Crippen molar-refractivity contribution >= 4 is 18.0 Å². The first-order valence-corrected chi connectivity index (χ1v) is 7.68. The molecule has 0 radical (unpaired) electrons. The molecule has 2 atom stereocenters. The third-order valence-corrected chi connectivity index (χ3v) is 2.87. The molecule has 0 aromatic heterocycles. The number of alkyl carbamates (subject to hydrolysis) is 1. The normalized spacial score (nSPS) is 13.7. The standard InChI is InChI=1S/C15H29N3O5/c1-10(13(20)22-5)17-12(19)11(8-6-7-9-16)18-14(21)23-15(2,3)4/h10-11H,6-9,16H2,1-5H3,(H,17,19)(H,18,21)/t10-,11+/m1/s1. The van der Waals surface area contributed by atoms with Crippen molar-refractivity contribution in [3.05, 3.63) is 0 Å². The fraction of sp³-hybridized carbons (Fsp3) is 0.800. The molecule has 0 aliphatic heterocycles. The van der Waals surface area contributed by atoms with E-state index < -0.39 is 35.7 Å². The van der Waals surface area contributed by atoms with Gasteiger partial charge in [-0.1, -0.05) is 0 Å². The highest BCUT2D eigenvalue weighted by molar-refractivity contribution is 5.89. The third-order valence-electron chi connectivity index (χ3n) is 2.87. The molecule has 8 heteroatoms. The van der Waals surface area contributed by atoms with Crippen LogP contribution in [0, 0.1) is 0 Å². The summed E-state index contributed by atoms with van der Waals surface area (Å²) in [6.45, 7) is 7.20. The number of esters is 1. The zero-order chi connectivity index (χ0) is 18.0. The first kappa shape index (κ1) is 21.2. The summed E-state index contributed by atoms with van der Waals surface area (Å²) in [5.74, 6) is -1.03. The largest absolute Gasteiger partial charge is 0.467 e. The van der Waals surface area contributed by atoms with Gasteiger partial charge in [-0.3, -0.25) is 4.79 Å². The summed E-state index contributed by atoms with van der Waals surface area (Å²) in [5.41, 5.74) is 4.78. The number of unbranched alkanes of at least 4 members (excludes halogenated alkanes) is 1. The molecule has 0 aromatic rings. The van der Waals surface area contributed by atoms with Gasteiger partial charge in [0.1, 0.15) is 17.7 Å². The number of rotatable bonds is 8. The van der Waals surface area contributed by atoms with E-state index in [1.54, 1.807) is 20.8 Å². The molecule has 0 aromatic carbocycles. The van der Waals surface area contributed by atoms with Crippen molar-refractivity contribution in [3.63, 3.8) is 0 Å². The Morgan fingerprint density at radius 2 is 1.74 bits per heavy atom. The minimum atomic E-state index is -0.802. The second-order valence-electron chi connectivity index (χ2n) is 6.24. The summed E-state index contributed by atoms with van der Waals surface area (Å²) in [7, 11) is 1.24. The maximum absolute atomic E-state index is 12.2. The second kappa shape index (κ2) is 10.0. The number of ether oxygens (including phenoxy) is 2. The van der Waals surface area contributed by atoms with Gasteiger partial charge >= 0.3 is 12.1 Å². The van der Waals surface area contributed by atoms with Gasteiger partial charge in [-0.25, -0.2) is 9.59 Å². The lowest BCUT2D eigenvalue weighted by atomic mass is 10.1. The Balaban J connectivity index is 4.74. The molecule has 0 bridgehead atoms. The smallest absolute Gasteiger partial charge is 0.408 e. The van der Waals surface area contributed by atoms with Crippen LogP contribution in [0.5, 0.6) is 0 Å². The lowest BCUT2D eigenvalue weighted by molar-refractivity contribution is -0.144. The van der Waals surface area contributed by atoms with E-state index in [1.165, 1.54) is 14.0 Å². The zero-order valence-electron chi connectivity index (χ0n) is 14.6. The predicted molar refractivity (Wildman–Crippen MR) is 85.7 cm³/mol. The molecular weight excluding hydrogens is 302 g/mol. The monoisotopic (exact) mass is 331 g/mol. The van der Waals surface area contributed by atoms with E-state index in [1.807, 2.05) is 0 Å². The fourth-order valence-electron chi connectivity index (χ4n) is 1.76. The van der Waals surface area contributed by atoms with E-state index in [0.29, 0.717) is 19.4 Å². The summed E-state index contributed by atoms with van der Waals surface area (Å²) < 4.78 is 9.71. The molecule has 0 aliphatic rings. The predicted octanol–water partition coefficient (Wildman–Crippen LogP) is 0.686. The van der Waals surface area contributed by atoms with Crippen molar-refractivity contribution in [2.45, 2.75) is 64.6 Å². The molecule has 0 saturated heterocycles. The van der Waals surface area contributed by atoms with Gasteiger partial charge in [0, 0.05) is 0 Å². The van der Waals surface area contributed by atoms with Gasteiger partial charge in [0.15, 0.2) is 0 Å². The van der Waals surface area contributed by atoms with E-state index in [2.05, 4.69) is 15.4 Å². The molecule has 4 N–H and O–H groups in total. The molecule has 0 spiro atoms. The van der Waals surface area contributed by atoms with E-state index >= 15 is 0 Å². The highest BCUT2D eigenvalue weighted by atomic mass is 16.6. The Bertz CT molecular complexity index is 406. The number of nitrogens with two attached hydrogens (primary N) is 1. The van der Waals surface area contributed by atoms with Crippen molar-refractivity contribution < 1.29 is 23.9 Å². The van der Waals surface area contributed by atoms with Gasteiger partial charge in [0.05, 0.1) is 7.11 Å². The quantitative estimate of drug-likeness (QED) is 0.444. The highest BCUT2D eigenvalue weighted by Crippen LogP contribution is 2.08. The van der Waals surface area contributed by atoms with Crippen LogP contribution in [-0.2, 0) is 19.1 Å². The number of amides is 2. The lowest BCUT2D eigenvalue weighted by Gasteiger charge is -2.24. The Morgan fingerprint density at radius 3 is 2.22 bits per heavy atom. The van der Waals surface area contributed by atoms with Gasteiger partial charge in [-0.05, 0) is 53.5 Å². The third kappa shape index (κ3) is 9.72. The van der Waals surface area contributed by atoms with Gasteiger partial charge in [-0.15, -0.1) is 0 Å². The van der Waals surface area contributed by atoms with E-state index in [-0.39, 0.29) is 0 Å². The van der Waals surface area contributed by atoms with Crippen molar-refractivity contribution in [1.82, 2.24) is 10.6 Å². The van der Waals surface area contributed by atoms with Crippen molar-refractivity contribution in [2.75, 3.05) is 13.7 Å². The van der Waals surface area contributed by atoms with Crippen LogP contribution in [-0.4, -0.2) is 49.3 Å². The van der Waals surface area contributed by atoms with Crippen LogP contribution in [0.2, 0.25) is 0 Å². The molecule has 0 saturated carbocycles. The van der Waals surface area contributed by atoms with Gasteiger partial charge in [-0.2, -0.15) is 0 Å². The number of nitrogens with one attached hydrogen (secondary N) is 2. The topological polar surface area (TPSA) is 120 Å². The molecule has 0 aliphatic carbocycles. The molecule has 0 rings (SSSR count). The highest BCUT2D eigenvalue weighted by Gasteiger charge is 2.26. The van der Waals surface area contributed by atoms with Gasteiger partial charge in [0.25, 0.3) is 0 Å². The minimum Gasteiger partial charge on any atom is -0.467 e. The summed E-state index contributed by atoms with van der Waals surface area (Å²) in [6.07, 6.45) is 1.11. The van der Waals surface area contributed by atoms with Crippen molar-refractivity contribution in [1.29, 1.82) is 0 Å². The summed E-state index contributed by atoms with van der Waals surface area (Å²) in [4.78, 5) is 35.5. The van der Waals surface area contributed by atoms with Crippen LogP contribution < -0.4 is 16.4 Å². The van der Waals surface area contributed by atoms with E-state index in [4.69, 9.17) is 10.5 Å². The Morgan fingerprint density at radius 1 is 1.13 bits per heavy atom. The van der Waals surface area contributed by atoms with Crippen LogP contribution in [0.15, 0.2) is 0 Å². The molecular formula is C15H29N3O5. The Kier molecular flexibility index (Phi) is 9.24. The average molecular weight is 331 g/mol. The summed E-state index contributed by atoms with van der Waals surface area (Å²) in [5, 5.41) is 5.04. The van der Waals surface area contributed by atoms with Gasteiger partial charge < -0.3 is 25.8 Å². The van der Waals surface area contributed by atoms with Crippen LogP contribution in [0.4, 0.5) is 4.79 Å². The van der Waals surface area contributed by atoms with Gasteiger partial charge in [0.2, 0.25) is 5.91 Å². The maximum Gasteiger partial charge on any atom is 0.408 e. The molecule has 0 fully saturated rings. The average Bonchev–Trinajstić information content (AvgIpc) is 2.43. The van der Waals surface area contributed by atoms with Crippen molar-refractivity contribution in [2.24, 2.45) is 5.73 Å². The summed E-state index contributed by atoms with van der Waals surface area (Å²) in [6, 6.07) is -1.60.